The van der Waals surface area contributed by atoms with E-state index in [4.69, 9.17) is 9.47 Å². The summed E-state index contributed by atoms with van der Waals surface area (Å²) in [6.45, 7) is 0.893. The van der Waals surface area contributed by atoms with Gasteiger partial charge >= 0.3 is 0 Å². The van der Waals surface area contributed by atoms with Gasteiger partial charge in [-0.1, -0.05) is 12.1 Å². The van der Waals surface area contributed by atoms with Crippen molar-refractivity contribution < 1.29 is 27.1 Å². The first-order valence-electron chi connectivity index (χ1n) is 8.11. The fourth-order valence-corrected chi connectivity index (χ4v) is 3.39. The molecule has 2 aromatic rings. The van der Waals surface area contributed by atoms with Gasteiger partial charge in [-0.15, -0.1) is 0 Å². The van der Waals surface area contributed by atoms with Gasteiger partial charge in [-0.25, -0.2) is 12.8 Å². The molecule has 0 spiro atoms. The van der Waals surface area contributed by atoms with Gasteiger partial charge in [0.15, 0.2) is 11.6 Å². The number of amides is 1. The third-order valence-electron chi connectivity index (χ3n) is 3.66. The first-order valence-corrected chi connectivity index (χ1v) is 9.60. The molecule has 2 N–H and O–H groups in total. The monoisotopic (exact) mass is 396 g/mol. The molecule has 0 bridgehead atoms. The van der Waals surface area contributed by atoms with E-state index in [1.54, 1.807) is 19.2 Å². The van der Waals surface area contributed by atoms with Gasteiger partial charge in [-0.2, -0.15) is 0 Å². The molecule has 0 saturated carbocycles. The van der Waals surface area contributed by atoms with Crippen LogP contribution in [0.3, 0.4) is 0 Å². The summed E-state index contributed by atoms with van der Waals surface area (Å²) in [6.07, 6.45) is 0.630. The molecule has 0 atom stereocenters. The van der Waals surface area contributed by atoms with Gasteiger partial charge in [0, 0.05) is 26.3 Å². The van der Waals surface area contributed by atoms with E-state index >= 15 is 0 Å². The first-order chi connectivity index (χ1) is 12.9. The number of hydrogen-bond acceptors (Lipinski definition) is 5. The molecule has 27 heavy (non-hydrogen) atoms. The number of para-hydroxylation sites is 1. The van der Waals surface area contributed by atoms with Gasteiger partial charge in [0.25, 0.3) is 15.9 Å². The van der Waals surface area contributed by atoms with E-state index in [1.807, 2.05) is 0 Å². The minimum atomic E-state index is -4.04. The van der Waals surface area contributed by atoms with Crippen LogP contribution in [0.4, 0.5) is 10.1 Å². The maximum absolute atomic E-state index is 13.5. The van der Waals surface area contributed by atoms with Crippen molar-refractivity contribution in [3.05, 3.63) is 53.8 Å². The smallest absolute Gasteiger partial charge is 0.262 e. The van der Waals surface area contributed by atoms with Crippen LogP contribution in [-0.2, 0) is 14.8 Å². The second-order valence-corrected chi connectivity index (χ2v) is 7.23. The molecular weight excluding hydrogens is 375 g/mol. The molecule has 0 radical (unpaired) electrons. The molecule has 1 amide bonds. The van der Waals surface area contributed by atoms with Crippen molar-refractivity contribution >= 4 is 21.6 Å². The SMILES string of the molecule is COCCCNC(=O)c1ccccc1NS(=O)(=O)c1ccc(F)c(OC)c1. The van der Waals surface area contributed by atoms with E-state index < -0.39 is 21.7 Å². The normalized spacial score (nSPS) is 11.1. The number of anilines is 1. The van der Waals surface area contributed by atoms with Crippen molar-refractivity contribution in [3.63, 3.8) is 0 Å². The van der Waals surface area contributed by atoms with Crippen LogP contribution in [0.25, 0.3) is 0 Å². The number of sulfonamides is 1. The number of ether oxygens (including phenoxy) is 2. The first kappa shape index (κ1) is 20.7. The zero-order chi connectivity index (χ0) is 19.9. The molecule has 0 aromatic heterocycles. The molecule has 146 valence electrons. The predicted molar refractivity (Wildman–Crippen MR) is 99.0 cm³/mol. The highest BCUT2D eigenvalue weighted by Crippen LogP contribution is 2.24. The summed E-state index contributed by atoms with van der Waals surface area (Å²) in [7, 11) is -1.24. The molecule has 0 unspecified atom stereocenters. The Morgan fingerprint density at radius 3 is 2.59 bits per heavy atom. The zero-order valence-electron chi connectivity index (χ0n) is 15.0. The van der Waals surface area contributed by atoms with Gasteiger partial charge < -0.3 is 14.8 Å². The van der Waals surface area contributed by atoms with Gasteiger partial charge in [0.1, 0.15) is 0 Å². The average Bonchev–Trinajstić information content (AvgIpc) is 2.65. The van der Waals surface area contributed by atoms with Gasteiger partial charge in [-0.3, -0.25) is 9.52 Å². The van der Waals surface area contributed by atoms with Crippen LogP contribution >= 0.6 is 0 Å². The molecular formula is C18H21FN2O5S. The third kappa shape index (κ3) is 5.41. The molecule has 9 heteroatoms. The largest absolute Gasteiger partial charge is 0.494 e. The Bertz CT molecular complexity index is 902. The number of hydrogen-bond donors (Lipinski definition) is 2. The number of benzene rings is 2. The number of rotatable bonds is 9. The van der Waals surface area contributed by atoms with Gasteiger partial charge in [0.2, 0.25) is 0 Å². The molecule has 0 heterocycles. The molecule has 0 aliphatic rings. The Hall–Kier alpha value is -2.65. The van der Waals surface area contributed by atoms with E-state index in [1.165, 1.54) is 19.2 Å². The Labute approximate surface area is 157 Å². The fourth-order valence-electron chi connectivity index (χ4n) is 2.29. The summed E-state index contributed by atoms with van der Waals surface area (Å²) in [5, 5.41) is 2.70. The van der Waals surface area contributed by atoms with Gasteiger partial charge in [0.05, 0.1) is 23.3 Å². The standard InChI is InChI=1S/C18H21FN2O5S/c1-25-11-5-10-20-18(22)14-6-3-4-7-16(14)21-27(23,24)13-8-9-15(19)17(12-13)26-2/h3-4,6-9,12,21H,5,10-11H2,1-2H3,(H,20,22). The summed E-state index contributed by atoms with van der Waals surface area (Å²) in [6, 6.07) is 9.41. The number of methoxy groups -OCH3 is 2. The third-order valence-corrected chi connectivity index (χ3v) is 5.02. The fraction of sp³-hybridized carbons (Fsp3) is 0.278. The van der Waals surface area contributed by atoms with E-state index in [0.29, 0.717) is 19.6 Å². The summed E-state index contributed by atoms with van der Waals surface area (Å²) in [5.41, 5.74) is 0.289. The number of carbonyl (C=O) groups excluding carboxylic acids is 1. The molecule has 2 rings (SSSR count). The highest BCUT2D eigenvalue weighted by Gasteiger charge is 2.20. The maximum atomic E-state index is 13.5. The van der Waals surface area contributed by atoms with Crippen molar-refractivity contribution in [2.45, 2.75) is 11.3 Å². The van der Waals surface area contributed by atoms with Crippen molar-refractivity contribution in [1.82, 2.24) is 5.32 Å². The molecule has 0 fully saturated rings. The van der Waals surface area contributed by atoms with Crippen molar-refractivity contribution in [3.8, 4) is 5.75 Å². The second kappa shape index (κ2) is 9.33. The molecule has 7 nitrogen and oxygen atoms in total. The van der Waals surface area contributed by atoms with Gasteiger partial charge in [-0.05, 0) is 30.7 Å². The van der Waals surface area contributed by atoms with Crippen LogP contribution in [0.5, 0.6) is 5.75 Å². The van der Waals surface area contributed by atoms with Crippen molar-refractivity contribution in [2.75, 3.05) is 32.1 Å². The van der Waals surface area contributed by atoms with Crippen LogP contribution in [0, 0.1) is 5.82 Å². The van der Waals surface area contributed by atoms with Crippen LogP contribution < -0.4 is 14.8 Å². The summed E-state index contributed by atoms with van der Waals surface area (Å²) < 4.78 is 50.9. The zero-order valence-corrected chi connectivity index (χ0v) is 15.8. The number of halogens is 1. The Kier molecular flexibility index (Phi) is 7.14. The van der Waals surface area contributed by atoms with Crippen molar-refractivity contribution in [2.24, 2.45) is 0 Å². The average molecular weight is 396 g/mol. The lowest BCUT2D eigenvalue weighted by molar-refractivity contribution is 0.0949. The number of nitrogens with one attached hydrogen (secondary N) is 2. The Morgan fingerprint density at radius 2 is 1.89 bits per heavy atom. The van der Waals surface area contributed by atoms with Crippen LogP contribution in [0.15, 0.2) is 47.4 Å². The molecule has 0 aliphatic heterocycles. The number of carbonyl (C=O) groups is 1. The Balaban J connectivity index is 2.23. The van der Waals surface area contributed by atoms with Crippen LogP contribution in [0.2, 0.25) is 0 Å². The quantitative estimate of drug-likeness (QED) is 0.635. The van der Waals surface area contributed by atoms with E-state index in [2.05, 4.69) is 10.0 Å². The minimum Gasteiger partial charge on any atom is -0.494 e. The topological polar surface area (TPSA) is 93.7 Å². The van der Waals surface area contributed by atoms with E-state index in [-0.39, 0.29) is 21.9 Å². The summed E-state index contributed by atoms with van der Waals surface area (Å²) in [5.74, 6) is -1.28. The lowest BCUT2D eigenvalue weighted by Crippen LogP contribution is -2.26. The van der Waals surface area contributed by atoms with Crippen molar-refractivity contribution in [1.29, 1.82) is 0 Å². The highest BCUT2D eigenvalue weighted by atomic mass is 32.2. The predicted octanol–water partition coefficient (Wildman–Crippen LogP) is 2.40. The van der Waals surface area contributed by atoms with Crippen LogP contribution in [0.1, 0.15) is 16.8 Å². The second-order valence-electron chi connectivity index (χ2n) is 5.55. The maximum Gasteiger partial charge on any atom is 0.262 e. The Morgan fingerprint density at radius 1 is 1.15 bits per heavy atom. The molecule has 0 saturated heterocycles. The minimum absolute atomic E-state index is 0.116. The van der Waals surface area contributed by atoms with Crippen LogP contribution in [-0.4, -0.2) is 41.7 Å². The molecule has 2 aromatic carbocycles. The summed E-state index contributed by atoms with van der Waals surface area (Å²) in [4.78, 5) is 12.2. The summed E-state index contributed by atoms with van der Waals surface area (Å²) >= 11 is 0. The highest BCUT2D eigenvalue weighted by molar-refractivity contribution is 7.92. The lowest BCUT2D eigenvalue weighted by Gasteiger charge is -2.13. The lowest BCUT2D eigenvalue weighted by atomic mass is 10.1. The van der Waals surface area contributed by atoms with E-state index in [0.717, 1.165) is 18.2 Å². The molecule has 0 aliphatic carbocycles. The van der Waals surface area contributed by atoms with E-state index in [9.17, 15) is 17.6 Å².